The Balaban J connectivity index is 2.09. The summed E-state index contributed by atoms with van der Waals surface area (Å²) < 4.78 is 5.24. The number of carbonyl (C=O) groups is 1. The summed E-state index contributed by atoms with van der Waals surface area (Å²) in [5.41, 5.74) is 2.33. The van der Waals surface area contributed by atoms with Crippen LogP contribution in [-0.2, 0) is 0 Å². The van der Waals surface area contributed by atoms with Crippen molar-refractivity contribution < 1.29 is 14.6 Å². The molecule has 5 nitrogen and oxygen atoms in total. The van der Waals surface area contributed by atoms with Gasteiger partial charge in [0, 0.05) is 17.3 Å². The fraction of sp³-hybridized carbons (Fsp3) is 0.0588. The highest BCUT2D eigenvalue weighted by Gasteiger charge is 2.11. The maximum atomic E-state index is 11.3. The summed E-state index contributed by atoms with van der Waals surface area (Å²) in [6, 6.07) is 14.2. The number of aromatic nitrogens is 1. The first-order valence-electron chi connectivity index (χ1n) is 6.71. The number of hydrogen-bond acceptors (Lipinski definition) is 4. The lowest BCUT2D eigenvalue weighted by Gasteiger charge is -2.12. The molecule has 0 fully saturated rings. The summed E-state index contributed by atoms with van der Waals surface area (Å²) >= 11 is 0. The summed E-state index contributed by atoms with van der Waals surface area (Å²) in [4.78, 5) is 15.6. The van der Waals surface area contributed by atoms with E-state index in [0.717, 1.165) is 22.3 Å². The number of anilines is 2. The first-order chi connectivity index (χ1) is 10.7. The molecule has 1 aromatic heterocycles. The van der Waals surface area contributed by atoms with Gasteiger partial charge in [-0.1, -0.05) is 12.1 Å². The van der Waals surface area contributed by atoms with Gasteiger partial charge in [-0.2, -0.15) is 0 Å². The molecule has 0 bridgehead atoms. The maximum absolute atomic E-state index is 11.3. The Morgan fingerprint density at radius 3 is 2.73 bits per heavy atom. The second-order valence-corrected chi connectivity index (χ2v) is 4.72. The van der Waals surface area contributed by atoms with Crippen LogP contribution in [0, 0.1) is 0 Å². The molecule has 0 amide bonds. The van der Waals surface area contributed by atoms with Gasteiger partial charge in [-0.25, -0.2) is 4.79 Å². The summed E-state index contributed by atoms with van der Waals surface area (Å²) in [7, 11) is 1.60. The van der Waals surface area contributed by atoms with Crippen molar-refractivity contribution in [1.82, 2.24) is 4.98 Å². The molecule has 3 rings (SSSR count). The fourth-order valence-corrected chi connectivity index (χ4v) is 2.29. The average Bonchev–Trinajstić information content (AvgIpc) is 2.55. The molecule has 0 saturated heterocycles. The lowest BCUT2D eigenvalue weighted by molar-refractivity contribution is 0.0698. The number of benzene rings is 2. The third kappa shape index (κ3) is 2.56. The number of carboxylic acids is 1. The van der Waals surface area contributed by atoms with Gasteiger partial charge in [-0.3, -0.25) is 4.98 Å². The number of methoxy groups -OCH3 is 1. The van der Waals surface area contributed by atoms with E-state index < -0.39 is 5.97 Å². The SMILES string of the molecule is COc1ccc2nccc(Nc3ccccc3C(=O)O)c2c1. The fourth-order valence-electron chi connectivity index (χ4n) is 2.29. The van der Waals surface area contributed by atoms with Gasteiger partial charge in [0.2, 0.25) is 0 Å². The molecule has 0 spiro atoms. The molecule has 0 aliphatic carbocycles. The van der Waals surface area contributed by atoms with E-state index in [2.05, 4.69) is 10.3 Å². The Morgan fingerprint density at radius 2 is 1.95 bits per heavy atom. The number of pyridine rings is 1. The normalized spacial score (nSPS) is 10.4. The minimum absolute atomic E-state index is 0.218. The van der Waals surface area contributed by atoms with Crippen molar-refractivity contribution in [2.24, 2.45) is 0 Å². The molecule has 0 aliphatic rings. The Hall–Kier alpha value is -3.08. The Kier molecular flexibility index (Phi) is 3.62. The van der Waals surface area contributed by atoms with Gasteiger partial charge in [-0.15, -0.1) is 0 Å². The zero-order valence-electron chi connectivity index (χ0n) is 11.9. The molecule has 0 aliphatic heterocycles. The molecule has 0 unspecified atom stereocenters. The number of nitrogens with one attached hydrogen (secondary N) is 1. The van der Waals surface area contributed by atoms with E-state index in [4.69, 9.17) is 4.74 Å². The van der Waals surface area contributed by atoms with Crippen LogP contribution in [0.5, 0.6) is 5.75 Å². The maximum Gasteiger partial charge on any atom is 0.337 e. The van der Waals surface area contributed by atoms with Crippen molar-refractivity contribution in [3.05, 3.63) is 60.3 Å². The Bertz CT molecular complexity index is 846. The lowest BCUT2D eigenvalue weighted by atomic mass is 10.1. The van der Waals surface area contributed by atoms with Crippen molar-refractivity contribution in [3.63, 3.8) is 0 Å². The predicted molar refractivity (Wildman–Crippen MR) is 85.0 cm³/mol. The zero-order chi connectivity index (χ0) is 15.5. The monoisotopic (exact) mass is 294 g/mol. The highest BCUT2D eigenvalue weighted by atomic mass is 16.5. The van der Waals surface area contributed by atoms with Crippen LogP contribution in [-0.4, -0.2) is 23.2 Å². The summed E-state index contributed by atoms with van der Waals surface area (Å²) in [5.74, 6) is -0.255. The van der Waals surface area contributed by atoms with Crippen LogP contribution in [0.1, 0.15) is 10.4 Å². The van der Waals surface area contributed by atoms with Gasteiger partial charge in [0.05, 0.1) is 23.9 Å². The number of para-hydroxylation sites is 1. The number of rotatable bonds is 4. The molecular formula is C17H14N2O3. The summed E-state index contributed by atoms with van der Waals surface area (Å²) in [6.07, 6.45) is 1.68. The first-order valence-corrected chi connectivity index (χ1v) is 6.71. The van der Waals surface area contributed by atoms with Crippen molar-refractivity contribution in [3.8, 4) is 5.75 Å². The lowest BCUT2D eigenvalue weighted by Crippen LogP contribution is -2.02. The topological polar surface area (TPSA) is 71.5 Å². The van der Waals surface area contributed by atoms with Crippen LogP contribution in [0.4, 0.5) is 11.4 Å². The smallest absolute Gasteiger partial charge is 0.337 e. The number of carboxylic acid groups (broad SMARTS) is 1. The van der Waals surface area contributed by atoms with Crippen LogP contribution in [0.2, 0.25) is 0 Å². The van der Waals surface area contributed by atoms with Gasteiger partial charge in [-0.05, 0) is 36.4 Å². The summed E-state index contributed by atoms with van der Waals surface area (Å²) in [5, 5.41) is 13.3. The van der Waals surface area contributed by atoms with E-state index in [1.807, 2.05) is 18.2 Å². The van der Waals surface area contributed by atoms with Gasteiger partial charge in [0.1, 0.15) is 5.75 Å². The summed E-state index contributed by atoms with van der Waals surface area (Å²) in [6.45, 7) is 0. The van der Waals surface area contributed by atoms with Crippen molar-refractivity contribution >= 4 is 28.2 Å². The second kappa shape index (κ2) is 5.73. The third-order valence-corrected chi connectivity index (χ3v) is 3.38. The van der Waals surface area contributed by atoms with Gasteiger partial charge in [0.15, 0.2) is 0 Å². The van der Waals surface area contributed by atoms with Crippen molar-refractivity contribution in [2.75, 3.05) is 12.4 Å². The molecule has 22 heavy (non-hydrogen) atoms. The highest BCUT2D eigenvalue weighted by molar-refractivity contribution is 5.98. The molecule has 2 N–H and O–H groups in total. The van der Waals surface area contributed by atoms with E-state index in [1.165, 1.54) is 0 Å². The molecule has 5 heteroatoms. The molecular weight excluding hydrogens is 280 g/mol. The number of nitrogens with zero attached hydrogens (tertiary/aromatic N) is 1. The molecule has 0 radical (unpaired) electrons. The number of ether oxygens (including phenoxy) is 1. The van der Waals surface area contributed by atoms with E-state index >= 15 is 0 Å². The van der Waals surface area contributed by atoms with Crippen LogP contribution >= 0.6 is 0 Å². The molecule has 1 heterocycles. The second-order valence-electron chi connectivity index (χ2n) is 4.72. The van der Waals surface area contributed by atoms with Gasteiger partial charge < -0.3 is 15.2 Å². The molecule has 2 aromatic carbocycles. The molecule has 110 valence electrons. The number of aromatic carboxylic acids is 1. The van der Waals surface area contributed by atoms with Crippen LogP contribution in [0.3, 0.4) is 0 Å². The van der Waals surface area contributed by atoms with E-state index in [9.17, 15) is 9.90 Å². The van der Waals surface area contributed by atoms with Gasteiger partial charge >= 0.3 is 5.97 Å². The number of hydrogen-bond donors (Lipinski definition) is 2. The van der Waals surface area contributed by atoms with Crippen molar-refractivity contribution in [1.29, 1.82) is 0 Å². The van der Waals surface area contributed by atoms with Crippen LogP contribution < -0.4 is 10.1 Å². The zero-order valence-corrected chi connectivity index (χ0v) is 11.9. The van der Waals surface area contributed by atoms with E-state index in [1.54, 1.807) is 43.6 Å². The highest BCUT2D eigenvalue weighted by Crippen LogP contribution is 2.29. The van der Waals surface area contributed by atoms with E-state index in [0.29, 0.717) is 5.69 Å². The number of fused-ring (bicyclic) bond motifs is 1. The first kappa shape index (κ1) is 13.9. The molecule has 0 saturated carbocycles. The van der Waals surface area contributed by atoms with Gasteiger partial charge in [0.25, 0.3) is 0 Å². The quantitative estimate of drug-likeness (QED) is 0.768. The minimum atomic E-state index is -0.973. The predicted octanol–water partition coefficient (Wildman–Crippen LogP) is 3.69. The van der Waals surface area contributed by atoms with E-state index in [-0.39, 0.29) is 5.56 Å². The van der Waals surface area contributed by atoms with Crippen LogP contribution in [0.25, 0.3) is 10.9 Å². The average molecular weight is 294 g/mol. The Morgan fingerprint density at radius 1 is 1.14 bits per heavy atom. The third-order valence-electron chi connectivity index (χ3n) is 3.38. The molecule has 0 atom stereocenters. The Labute approximate surface area is 127 Å². The van der Waals surface area contributed by atoms with Crippen LogP contribution in [0.15, 0.2) is 54.7 Å². The van der Waals surface area contributed by atoms with Crippen molar-refractivity contribution in [2.45, 2.75) is 0 Å². The minimum Gasteiger partial charge on any atom is -0.497 e. The molecule has 3 aromatic rings. The standard InChI is InChI=1S/C17H14N2O3/c1-22-11-6-7-14-13(10-11)16(8-9-18-14)19-15-5-3-2-4-12(15)17(20)21/h2-10H,1H3,(H,18,19)(H,20,21). The largest absolute Gasteiger partial charge is 0.497 e.